The number of amides is 1. The van der Waals surface area contributed by atoms with Gasteiger partial charge in [0, 0.05) is 35.1 Å². The highest BCUT2D eigenvalue weighted by atomic mass is 32.1. The number of hydrogen-bond donors (Lipinski definition) is 1. The third kappa shape index (κ3) is 3.67. The van der Waals surface area contributed by atoms with E-state index in [2.05, 4.69) is 15.3 Å². The fourth-order valence-corrected chi connectivity index (χ4v) is 2.33. The first-order valence-corrected chi connectivity index (χ1v) is 7.52. The zero-order valence-electron chi connectivity index (χ0n) is 11.6. The zero-order valence-corrected chi connectivity index (χ0v) is 12.4. The molecule has 6 heteroatoms. The Hall–Kier alpha value is -2.73. The van der Waals surface area contributed by atoms with Gasteiger partial charge in [0.2, 0.25) is 0 Å². The van der Waals surface area contributed by atoms with Crippen molar-refractivity contribution in [3.63, 3.8) is 0 Å². The van der Waals surface area contributed by atoms with Crippen LogP contribution in [0, 0.1) is 0 Å². The van der Waals surface area contributed by atoms with Gasteiger partial charge in [-0.3, -0.25) is 15.1 Å². The van der Waals surface area contributed by atoms with Crippen LogP contribution in [0.25, 0.3) is 0 Å². The molecule has 0 fully saturated rings. The maximum atomic E-state index is 12.0. The first-order chi connectivity index (χ1) is 10.8. The number of anilines is 1. The Kier molecular flexibility index (Phi) is 4.41. The molecular weight excluding hydrogens is 298 g/mol. The number of nitrogens with zero attached hydrogens (tertiary/aromatic N) is 2. The number of hydrogen-bond acceptors (Lipinski definition) is 5. The van der Waals surface area contributed by atoms with Gasteiger partial charge in [-0.25, -0.2) is 4.98 Å². The van der Waals surface area contributed by atoms with Crippen molar-refractivity contribution in [1.82, 2.24) is 9.97 Å². The number of benzene rings is 1. The number of thiazole rings is 1. The minimum Gasteiger partial charge on any atom is -0.489 e. The summed E-state index contributed by atoms with van der Waals surface area (Å²) in [6.07, 6.45) is 5.13. The fourth-order valence-electron chi connectivity index (χ4n) is 1.81. The molecule has 1 aromatic carbocycles. The maximum absolute atomic E-state index is 12.0. The first kappa shape index (κ1) is 14.2. The summed E-state index contributed by atoms with van der Waals surface area (Å²) >= 11 is 1.38. The monoisotopic (exact) mass is 311 g/mol. The van der Waals surface area contributed by atoms with Gasteiger partial charge in [-0.1, -0.05) is 6.07 Å². The zero-order chi connectivity index (χ0) is 15.2. The van der Waals surface area contributed by atoms with E-state index in [9.17, 15) is 4.79 Å². The molecule has 0 saturated carbocycles. The predicted molar refractivity (Wildman–Crippen MR) is 85.1 cm³/mol. The summed E-state index contributed by atoms with van der Waals surface area (Å²) in [7, 11) is 0. The van der Waals surface area contributed by atoms with Gasteiger partial charge in [0.15, 0.2) is 5.13 Å². The third-order valence-corrected chi connectivity index (χ3v) is 3.59. The van der Waals surface area contributed by atoms with Crippen molar-refractivity contribution in [2.24, 2.45) is 0 Å². The van der Waals surface area contributed by atoms with Crippen LogP contribution in [0.1, 0.15) is 15.9 Å². The van der Waals surface area contributed by atoms with Gasteiger partial charge in [-0.2, -0.15) is 0 Å². The second-order valence-corrected chi connectivity index (χ2v) is 5.36. The van der Waals surface area contributed by atoms with E-state index in [1.807, 2.05) is 17.5 Å². The molecule has 22 heavy (non-hydrogen) atoms. The van der Waals surface area contributed by atoms with Crippen molar-refractivity contribution in [1.29, 1.82) is 0 Å². The Morgan fingerprint density at radius 1 is 1.18 bits per heavy atom. The van der Waals surface area contributed by atoms with E-state index in [-0.39, 0.29) is 5.91 Å². The molecule has 0 spiro atoms. The Morgan fingerprint density at radius 3 is 2.73 bits per heavy atom. The lowest BCUT2D eigenvalue weighted by Crippen LogP contribution is -2.11. The molecule has 2 heterocycles. The summed E-state index contributed by atoms with van der Waals surface area (Å²) in [5, 5.41) is 5.13. The van der Waals surface area contributed by atoms with Crippen LogP contribution < -0.4 is 10.1 Å². The van der Waals surface area contributed by atoms with Gasteiger partial charge in [0.25, 0.3) is 5.91 Å². The molecule has 0 aliphatic heterocycles. The molecule has 0 bridgehead atoms. The van der Waals surface area contributed by atoms with E-state index in [0.717, 1.165) is 5.56 Å². The molecule has 0 aliphatic rings. The molecule has 110 valence electrons. The number of rotatable bonds is 5. The summed E-state index contributed by atoms with van der Waals surface area (Å²) in [5.74, 6) is 0.517. The van der Waals surface area contributed by atoms with Crippen LogP contribution in [-0.2, 0) is 6.61 Å². The van der Waals surface area contributed by atoms with E-state index >= 15 is 0 Å². The second kappa shape index (κ2) is 6.82. The van der Waals surface area contributed by atoms with Crippen molar-refractivity contribution in [2.45, 2.75) is 6.61 Å². The normalized spacial score (nSPS) is 10.2. The van der Waals surface area contributed by atoms with Crippen LogP contribution in [0.3, 0.4) is 0 Å². The minimum absolute atomic E-state index is 0.186. The number of nitrogens with one attached hydrogen (secondary N) is 1. The molecule has 0 aliphatic carbocycles. The first-order valence-electron chi connectivity index (χ1n) is 6.64. The predicted octanol–water partition coefficient (Wildman–Crippen LogP) is 3.37. The van der Waals surface area contributed by atoms with E-state index in [4.69, 9.17) is 4.74 Å². The van der Waals surface area contributed by atoms with Crippen molar-refractivity contribution < 1.29 is 9.53 Å². The van der Waals surface area contributed by atoms with E-state index in [1.54, 1.807) is 42.9 Å². The fraction of sp³-hybridized carbons (Fsp3) is 0.0625. The molecule has 2 aromatic heterocycles. The molecule has 0 radical (unpaired) electrons. The SMILES string of the molecule is O=C(Nc1nccs1)c1ccc(OCc2cccnc2)cc1. The smallest absolute Gasteiger partial charge is 0.257 e. The van der Waals surface area contributed by atoms with Crippen LogP contribution in [-0.4, -0.2) is 15.9 Å². The molecule has 0 unspecified atom stereocenters. The van der Waals surface area contributed by atoms with Crippen LogP contribution in [0.5, 0.6) is 5.75 Å². The lowest BCUT2D eigenvalue weighted by atomic mass is 10.2. The number of ether oxygens (including phenoxy) is 1. The molecule has 1 amide bonds. The van der Waals surface area contributed by atoms with Crippen LogP contribution >= 0.6 is 11.3 Å². The maximum Gasteiger partial charge on any atom is 0.257 e. The molecule has 5 nitrogen and oxygen atoms in total. The van der Waals surface area contributed by atoms with E-state index in [0.29, 0.717) is 23.1 Å². The quantitative estimate of drug-likeness (QED) is 0.784. The lowest BCUT2D eigenvalue weighted by Gasteiger charge is -2.07. The Balaban J connectivity index is 1.59. The molecule has 1 N–H and O–H groups in total. The van der Waals surface area contributed by atoms with Gasteiger partial charge in [-0.05, 0) is 30.3 Å². The largest absolute Gasteiger partial charge is 0.489 e. The van der Waals surface area contributed by atoms with Crippen LogP contribution in [0.15, 0.2) is 60.4 Å². The van der Waals surface area contributed by atoms with E-state index < -0.39 is 0 Å². The third-order valence-electron chi connectivity index (χ3n) is 2.90. The van der Waals surface area contributed by atoms with Gasteiger partial charge < -0.3 is 4.74 Å². The average Bonchev–Trinajstić information content (AvgIpc) is 3.07. The highest BCUT2D eigenvalue weighted by molar-refractivity contribution is 7.13. The molecule has 0 saturated heterocycles. The Morgan fingerprint density at radius 2 is 2.05 bits per heavy atom. The molecule has 3 rings (SSSR count). The number of aromatic nitrogens is 2. The molecule has 0 atom stereocenters. The lowest BCUT2D eigenvalue weighted by molar-refractivity contribution is 0.102. The van der Waals surface area contributed by atoms with E-state index in [1.165, 1.54) is 11.3 Å². The minimum atomic E-state index is -0.186. The number of carbonyl (C=O) groups is 1. The van der Waals surface area contributed by atoms with Crippen molar-refractivity contribution in [2.75, 3.05) is 5.32 Å². The van der Waals surface area contributed by atoms with Crippen molar-refractivity contribution in [3.05, 3.63) is 71.5 Å². The van der Waals surface area contributed by atoms with Gasteiger partial charge in [-0.15, -0.1) is 11.3 Å². The molecular formula is C16H13N3O2S. The van der Waals surface area contributed by atoms with Gasteiger partial charge in [0.1, 0.15) is 12.4 Å². The highest BCUT2D eigenvalue weighted by Gasteiger charge is 2.07. The highest BCUT2D eigenvalue weighted by Crippen LogP contribution is 2.16. The van der Waals surface area contributed by atoms with Crippen LogP contribution in [0.4, 0.5) is 5.13 Å². The summed E-state index contributed by atoms with van der Waals surface area (Å²) in [6.45, 7) is 0.443. The second-order valence-electron chi connectivity index (χ2n) is 4.47. The van der Waals surface area contributed by atoms with Crippen molar-refractivity contribution in [3.8, 4) is 5.75 Å². The summed E-state index contributed by atoms with van der Waals surface area (Å²) in [5.41, 5.74) is 1.55. The average molecular weight is 311 g/mol. The summed E-state index contributed by atoms with van der Waals surface area (Å²) < 4.78 is 5.65. The van der Waals surface area contributed by atoms with Crippen molar-refractivity contribution >= 4 is 22.4 Å². The number of carbonyl (C=O) groups excluding carboxylic acids is 1. The Bertz CT molecular complexity index is 728. The van der Waals surface area contributed by atoms with Gasteiger partial charge >= 0.3 is 0 Å². The summed E-state index contributed by atoms with van der Waals surface area (Å²) in [6, 6.07) is 10.8. The number of pyridine rings is 1. The molecule has 3 aromatic rings. The Labute approximate surface area is 131 Å². The van der Waals surface area contributed by atoms with Gasteiger partial charge in [0.05, 0.1) is 0 Å². The standard InChI is InChI=1S/C16H13N3O2S/c20-15(19-16-18-8-9-22-16)13-3-5-14(6-4-13)21-11-12-2-1-7-17-10-12/h1-10H,11H2,(H,18,19,20). The topological polar surface area (TPSA) is 64.1 Å². The van der Waals surface area contributed by atoms with Crippen LogP contribution in [0.2, 0.25) is 0 Å². The summed E-state index contributed by atoms with van der Waals surface area (Å²) in [4.78, 5) is 20.1.